The summed E-state index contributed by atoms with van der Waals surface area (Å²) in [5.41, 5.74) is 1.56. The Morgan fingerprint density at radius 1 is 1.31 bits per heavy atom. The van der Waals surface area contributed by atoms with Gasteiger partial charge in [0, 0.05) is 16.9 Å². The first kappa shape index (κ1) is 17.6. The van der Waals surface area contributed by atoms with Gasteiger partial charge in [-0.1, -0.05) is 18.2 Å². The fraction of sp³-hybridized carbons (Fsp3) is 0.500. The molecular formula is C20H23FN2O2S. The molecule has 138 valence electrons. The molecule has 1 aromatic carbocycles. The zero-order valence-corrected chi connectivity index (χ0v) is 15.5. The van der Waals surface area contributed by atoms with Gasteiger partial charge in [0.2, 0.25) is 0 Å². The number of benzene rings is 1. The Labute approximate surface area is 156 Å². The van der Waals surface area contributed by atoms with Crippen molar-refractivity contribution in [2.75, 3.05) is 13.1 Å². The van der Waals surface area contributed by atoms with Crippen molar-refractivity contribution in [1.29, 1.82) is 0 Å². The maximum absolute atomic E-state index is 14.1. The molecule has 1 unspecified atom stereocenters. The summed E-state index contributed by atoms with van der Waals surface area (Å²) in [6, 6.07) is 5.30. The van der Waals surface area contributed by atoms with E-state index >= 15 is 0 Å². The second-order valence-electron chi connectivity index (χ2n) is 7.28. The number of nitrogens with zero attached hydrogens (tertiary/aromatic N) is 2. The molecular weight excluding hydrogens is 351 g/mol. The van der Waals surface area contributed by atoms with E-state index in [-0.39, 0.29) is 5.56 Å². The third kappa shape index (κ3) is 3.53. The van der Waals surface area contributed by atoms with Crippen LogP contribution in [0.3, 0.4) is 0 Å². The molecule has 6 heteroatoms. The molecule has 1 aliphatic carbocycles. The molecule has 0 saturated carbocycles. The molecule has 1 saturated heterocycles. The zero-order valence-electron chi connectivity index (χ0n) is 14.7. The van der Waals surface area contributed by atoms with Crippen LogP contribution in [0.25, 0.3) is 0 Å². The van der Waals surface area contributed by atoms with E-state index in [9.17, 15) is 14.3 Å². The summed E-state index contributed by atoms with van der Waals surface area (Å²) in [5, 5.41) is 10.9. The van der Waals surface area contributed by atoms with Crippen molar-refractivity contribution in [2.45, 2.75) is 44.6 Å². The van der Waals surface area contributed by atoms with Crippen LogP contribution >= 0.6 is 11.3 Å². The van der Waals surface area contributed by atoms with Crippen molar-refractivity contribution in [3.63, 3.8) is 0 Å². The Balaban J connectivity index is 1.40. The molecule has 1 aliphatic heterocycles. The second kappa shape index (κ2) is 7.45. The topological polar surface area (TPSA) is 53.4 Å². The number of fused-ring (bicyclic) bond motifs is 1. The lowest BCUT2D eigenvalue weighted by Crippen LogP contribution is -2.40. The number of aromatic nitrogens is 1. The van der Waals surface area contributed by atoms with Gasteiger partial charge in [-0.15, -0.1) is 11.3 Å². The number of aliphatic carboxylic acids is 1. The molecule has 1 atom stereocenters. The maximum atomic E-state index is 14.1. The number of rotatable bonds is 5. The molecule has 2 aromatic rings. The van der Waals surface area contributed by atoms with Gasteiger partial charge in [-0.05, 0) is 57.2 Å². The molecule has 0 amide bonds. The van der Waals surface area contributed by atoms with Gasteiger partial charge in [-0.25, -0.2) is 9.37 Å². The fourth-order valence-electron chi connectivity index (χ4n) is 4.18. The largest absolute Gasteiger partial charge is 0.480 e. The molecule has 4 nitrogen and oxygen atoms in total. The zero-order chi connectivity index (χ0) is 18.1. The van der Waals surface area contributed by atoms with Crippen LogP contribution in [0.2, 0.25) is 0 Å². The molecule has 26 heavy (non-hydrogen) atoms. The highest BCUT2D eigenvalue weighted by Gasteiger charge is 2.33. The van der Waals surface area contributed by atoms with Crippen molar-refractivity contribution < 1.29 is 14.3 Å². The van der Waals surface area contributed by atoms with Gasteiger partial charge in [0.15, 0.2) is 0 Å². The van der Waals surface area contributed by atoms with Crippen molar-refractivity contribution in [1.82, 2.24) is 9.88 Å². The van der Waals surface area contributed by atoms with Gasteiger partial charge in [0.1, 0.15) is 11.9 Å². The highest BCUT2D eigenvalue weighted by molar-refractivity contribution is 7.11. The first-order valence-electron chi connectivity index (χ1n) is 9.30. The summed E-state index contributed by atoms with van der Waals surface area (Å²) in [7, 11) is 0. The van der Waals surface area contributed by atoms with E-state index in [1.165, 1.54) is 34.5 Å². The Morgan fingerprint density at radius 2 is 2.08 bits per heavy atom. The van der Waals surface area contributed by atoms with Crippen molar-refractivity contribution >= 4 is 17.3 Å². The van der Waals surface area contributed by atoms with Crippen molar-refractivity contribution in [3.8, 4) is 0 Å². The normalized spacial score (nSPS) is 19.4. The van der Waals surface area contributed by atoms with Gasteiger partial charge in [0.25, 0.3) is 0 Å². The van der Waals surface area contributed by atoms with Crippen LogP contribution in [0, 0.1) is 11.7 Å². The van der Waals surface area contributed by atoms with E-state index in [0.717, 1.165) is 25.7 Å². The van der Waals surface area contributed by atoms with Crippen LogP contribution < -0.4 is 0 Å². The smallest absolute Gasteiger partial charge is 0.325 e. The fourth-order valence-corrected chi connectivity index (χ4v) is 5.45. The highest BCUT2D eigenvalue weighted by Crippen LogP contribution is 2.33. The molecule has 4 rings (SSSR count). The Kier molecular flexibility index (Phi) is 5.05. The molecule has 2 heterocycles. The van der Waals surface area contributed by atoms with Gasteiger partial charge in [-0.2, -0.15) is 0 Å². The van der Waals surface area contributed by atoms with E-state index in [2.05, 4.69) is 0 Å². The summed E-state index contributed by atoms with van der Waals surface area (Å²) in [6.45, 7) is 1.36. The standard InChI is InChI=1S/C20H23FN2O2S/c21-15-5-2-1-4-14(15)19(20(24)25)23-10-8-13(9-11-23)12-18-22-16-6-3-7-17(16)26-18/h1-2,4-5,13,19H,3,6-12H2,(H,24,25). The molecule has 0 spiro atoms. The third-order valence-corrected chi connectivity index (χ3v) is 6.73. The minimum Gasteiger partial charge on any atom is -0.480 e. The number of carboxylic acids is 1. The SMILES string of the molecule is O=C(O)C(c1ccccc1F)N1CCC(Cc2nc3c(s2)CCC3)CC1. The summed E-state index contributed by atoms with van der Waals surface area (Å²) in [6.07, 6.45) is 6.38. The van der Waals surface area contributed by atoms with Crippen LogP contribution in [-0.4, -0.2) is 34.0 Å². The monoisotopic (exact) mass is 374 g/mol. The molecule has 1 N–H and O–H groups in total. The predicted molar refractivity (Wildman–Crippen MR) is 98.9 cm³/mol. The van der Waals surface area contributed by atoms with Crippen molar-refractivity contribution in [2.24, 2.45) is 5.92 Å². The Morgan fingerprint density at radius 3 is 2.77 bits per heavy atom. The van der Waals surface area contributed by atoms with E-state index < -0.39 is 17.8 Å². The average Bonchev–Trinajstić information content (AvgIpc) is 3.19. The Bertz CT molecular complexity index is 777. The minimum absolute atomic E-state index is 0.259. The highest BCUT2D eigenvalue weighted by atomic mass is 32.1. The lowest BCUT2D eigenvalue weighted by Gasteiger charge is -2.35. The van der Waals surface area contributed by atoms with Gasteiger partial charge >= 0.3 is 5.97 Å². The quantitative estimate of drug-likeness (QED) is 0.864. The van der Waals surface area contributed by atoms with Gasteiger partial charge in [-0.3, -0.25) is 9.69 Å². The van der Waals surface area contributed by atoms with E-state index in [1.54, 1.807) is 18.2 Å². The number of piperidine rings is 1. The van der Waals surface area contributed by atoms with Crippen LogP contribution in [0.1, 0.15) is 46.4 Å². The number of thiazole rings is 1. The lowest BCUT2D eigenvalue weighted by molar-refractivity contribution is -0.144. The predicted octanol–water partition coefficient (Wildman–Crippen LogP) is 3.85. The molecule has 1 fully saturated rings. The number of hydrogen-bond donors (Lipinski definition) is 1. The average molecular weight is 374 g/mol. The number of hydrogen-bond acceptors (Lipinski definition) is 4. The second-order valence-corrected chi connectivity index (χ2v) is 8.44. The van der Waals surface area contributed by atoms with Gasteiger partial charge in [0.05, 0.1) is 10.7 Å². The van der Waals surface area contributed by atoms with Crippen LogP contribution in [0.5, 0.6) is 0 Å². The number of carboxylic acid groups (broad SMARTS) is 1. The van der Waals surface area contributed by atoms with Gasteiger partial charge < -0.3 is 5.11 Å². The number of halogens is 1. The molecule has 2 aliphatic rings. The third-order valence-electron chi connectivity index (χ3n) is 5.55. The first-order chi connectivity index (χ1) is 12.6. The molecule has 0 bridgehead atoms. The molecule has 1 aromatic heterocycles. The summed E-state index contributed by atoms with van der Waals surface area (Å²) in [5.74, 6) is -0.892. The van der Waals surface area contributed by atoms with E-state index in [0.29, 0.717) is 19.0 Å². The number of aryl methyl sites for hydroxylation is 2. The lowest BCUT2D eigenvalue weighted by atomic mass is 9.91. The first-order valence-corrected chi connectivity index (χ1v) is 10.1. The number of likely N-dealkylation sites (tertiary alicyclic amines) is 1. The van der Waals surface area contributed by atoms with E-state index in [1.807, 2.05) is 16.2 Å². The number of carbonyl (C=O) groups is 1. The van der Waals surface area contributed by atoms with Crippen molar-refractivity contribution in [3.05, 3.63) is 51.2 Å². The van der Waals surface area contributed by atoms with Crippen LogP contribution in [-0.2, 0) is 24.1 Å². The molecule has 0 radical (unpaired) electrons. The van der Waals surface area contributed by atoms with Crippen LogP contribution in [0.15, 0.2) is 24.3 Å². The summed E-state index contributed by atoms with van der Waals surface area (Å²) in [4.78, 5) is 19.9. The summed E-state index contributed by atoms with van der Waals surface area (Å²) >= 11 is 1.86. The maximum Gasteiger partial charge on any atom is 0.325 e. The van der Waals surface area contributed by atoms with Crippen LogP contribution in [0.4, 0.5) is 4.39 Å². The van der Waals surface area contributed by atoms with E-state index in [4.69, 9.17) is 4.98 Å². The minimum atomic E-state index is -0.982. The summed E-state index contributed by atoms with van der Waals surface area (Å²) < 4.78 is 14.1. The Hall–Kier alpha value is -1.79.